The van der Waals surface area contributed by atoms with Crippen LogP contribution in [0.2, 0.25) is 0 Å². The quantitative estimate of drug-likeness (QED) is 0.581. The van der Waals surface area contributed by atoms with E-state index in [2.05, 4.69) is 12.0 Å². The fourth-order valence-corrected chi connectivity index (χ4v) is 1.83. The van der Waals surface area contributed by atoms with Crippen molar-refractivity contribution in [2.24, 2.45) is 0 Å². The molecule has 0 amide bonds. The van der Waals surface area contributed by atoms with E-state index in [1.165, 1.54) is 0 Å². The maximum absolute atomic E-state index is 10.4. The Morgan fingerprint density at radius 1 is 1.44 bits per heavy atom. The van der Waals surface area contributed by atoms with Crippen molar-refractivity contribution in [2.75, 3.05) is 20.5 Å². The molecule has 1 aliphatic carbocycles. The number of rotatable bonds is 4. The summed E-state index contributed by atoms with van der Waals surface area (Å²) in [5.74, 6) is 2.76. The number of hydrogen-bond donors (Lipinski definition) is 1. The van der Waals surface area contributed by atoms with Crippen molar-refractivity contribution in [1.82, 2.24) is 0 Å². The summed E-state index contributed by atoms with van der Waals surface area (Å²) in [6, 6.07) is 0. The van der Waals surface area contributed by atoms with Crippen LogP contribution in [-0.4, -0.2) is 37.3 Å². The van der Waals surface area contributed by atoms with E-state index in [4.69, 9.17) is 14.2 Å². The number of methoxy groups -OCH3 is 1. The topological polar surface area (TPSA) is 47.9 Å². The predicted molar refractivity (Wildman–Crippen MR) is 59.6 cm³/mol. The molecule has 16 heavy (non-hydrogen) atoms. The second-order valence-corrected chi connectivity index (χ2v) is 3.89. The molecule has 0 aliphatic heterocycles. The third kappa shape index (κ3) is 3.67. The Kier molecular flexibility index (Phi) is 5.61. The second-order valence-electron chi connectivity index (χ2n) is 3.89. The summed E-state index contributed by atoms with van der Waals surface area (Å²) in [5, 5.41) is 10.4. The Bertz CT molecular complexity index is 255. The maximum atomic E-state index is 10.4. The standard InChI is InChI=1S/C12H20O4/c1-3-15-9-8-12(13)7-5-4-6-11(12)16-10-14-2/h11,13H,3-7,10H2,1-2H3. The van der Waals surface area contributed by atoms with Crippen LogP contribution in [0.1, 0.15) is 32.6 Å². The molecule has 1 saturated carbocycles. The van der Waals surface area contributed by atoms with Crippen LogP contribution in [0.5, 0.6) is 0 Å². The summed E-state index contributed by atoms with van der Waals surface area (Å²) in [4.78, 5) is 0. The molecule has 1 N–H and O–H groups in total. The first kappa shape index (κ1) is 13.3. The van der Waals surface area contributed by atoms with E-state index in [0.717, 1.165) is 19.3 Å². The summed E-state index contributed by atoms with van der Waals surface area (Å²) in [6.07, 6.45) is 5.69. The van der Waals surface area contributed by atoms with Crippen molar-refractivity contribution < 1.29 is 19.3 Å². The highest BCUT2D eigenvalue weighted by molar-refractivity contribution is 5.15. The highest BCUT2D eigenvalue weighted by Crippen LogP contribution is 2.30. The van der Waals surface area contributed by atoms with Crippen molar-refractivity contribution in [3.63, 3.8) is 0 Å². The molecule has 0 aromatic carbocycles. The summed E-state index contributed by atoms with van der Waals surface area (Å²) in [6.45, 7) is 2.56. The minimum atomic E-state index is -1.09. The molecule has 1 rings (SSSR count). The molecule has 4 nitrogen and oxygen atoms in total. The Balaban J connectivity index is 2.60. The fraction of sp³-hybridized carbons (Fsp3) is 0.833. The van der Waals surface area contributed by atoms with E-state index < -0.39 is 5.60 Å². The molecule has 4 heteroatoms. The lowest BCUT2D eigenvalue weighted by Crippen LogP contribution is -2.45. The zero-order chi connectivity index (χ0) is 11.9. The van der Waals surface area contributed by atoms with Gasteiger partial charge in [0.1, 0.15) is 19.0 Å². The second kappa shape index (κ2) is 6.74. The molecular formula is C12H20O4. The van der Waals surface area contributed by atoms with Gasteiger partial charge in [0.25, 0.3) is 0 Å². The third-order valence-corrected chi connectivity index (χ3v) is 2.68. The maximum Gasteiger partial charge on any atom is 0.154 e. The Morgan fingerprint density at radius 2 is 2.25 bits per heavy atom. The summed E-state index contributed by atoms with van der Waals surface area (Å²) < 4.78 is 15.2. The van der Waals surface area contributed by atoms with Crippen molar-refractivity contribution in [3.8, 4) is 12.0 Å². The van der Waals surface area contributed by atoms with Gasteiger partial charge in [-0.25, -0.2) is 0 Å². The highest BCUT2D eigenvalue weighted by atomic mass is 16.7. The van der Waals surface area contributed by atoms with Gasteiger partial charge in [-0.1, -0.05) is 6.42 Å². The van der Waals surface area contributed by atoms with Crippen LogP contribution in [0.4, 0.5) is 0 Å². The molecule has 1 fully saturated rings. The van der Waals surface area contributed by atoms with Crippen LogP contribution in [0.25, 0.3) is 0 Å². The first-order chi connectivity index (χ1) is 7.73. The van der Waals surface area contributed by atoms with Gasteiger partial charge in [-0.05, 0) is 32.1 Å². The lowest BCUT2D eigenvalue weighted by atomic mass is 9.83. The zero-order valence-electron chi connectivity index (χ0n) is 9.99. The van der Waals surface area contributed by atoms with Crippen LogP contribution in [-0.2, 0) is 14.2 Å². The largest absolute Gasteiger partial charge is 0.447 e. The molecule has 92 valence electrons. The molecule has 0 aromatic heterocycles. The van der Waals surface area contributed by atoms with E-state index in [0.29, 0.717) is 13.0 Å². The van der Waals surface area contributed by atoms with Gasteiger partial charge >= 0.3 is 0 Å². The van der Waals surface area contributed by atoms with Crippen molar-refractivity contribution in [3.05, 3.63) is 0 Å². The van der Waals surface area contributed by atoms with Crippen LogP contribution >= 0.6 is 0 Å². The van der Waals surface area contributed by atoms with Crippen LogP contribution in [0.15, 0.2) is 0 Å². The average molecular weight is 228 g/mol. The smallest absolute Gasteiger partial charge is 0.154 e. The Morgan fingerprint density at radius 3 is 2.94 bits per heavy atom. The number of hydrogen-bond acceptors (Lipinski definition) is 4. The predicted octanol–water partition coefficient (Wildman–Crippen LogP) is 1.28. The summed E-state index contributed by atoms with van der Waals surface area (Å²) in [7, 11) is 1.56. The monoisotopic (exact) mass is 228 g/mol. The molecule has 0 radical (unpaired) electrons. The van der Waals surface area contributed by atoms with Crippen molar-refractivity contribution in [2.45, 2.75) is 44.3 Å². The van der Waals surface area contributed by atoms with Gasteiger partial charge in [0.15, 0.2) is 5.60 Å². The van der Waals surface area contributed by atoms with Crippen molar-refractivity contribution >= 4 is 0 Å². The van der Waals surface area contributed by atoms with Crippen LogP contribution in [0, 0.1) is 12.0 Å². The number of ether oxygens (including phenoxy) is 3. The van der Waals surface area contributed by atoms with Crippen molar-refractivity contribution in [1.29, 1.82) is 0 Å². The van der Waals surface area contributed by atoms with Gasteiger partial charge in [-0.3, -0.25) is 0 Å². The Hall–Kier alpha value is -0.760. The molecule has 0 bridgehead atoms. The van der Waals surface area contributed by atoms with Gasteiger partial charge in [0, 0.05) is 7.11 Å². The minimum absolute atomic E-state index is 0.184. The van der Waals surface area contributed by atoms with E-state index in [1.54, 1.807) is 7.11 Å². The molecule has 0 saturated heterocycles. The lowest BCUT2D eigenvalue weighted by Gasteiger charge is -2.35. The molecule has 1 aliphatic rings. The van der Waals surface area contributed by atoms with Gasteiger partial charge in [-0.2, -0.15) is 0 Å². The van der Waals surface area contributed by atoms with E-state index in [9.17, 15) is 5.11 Å². The van der Waals surface area contributed by atoms with E-state index in [1.807, 2.05) is 6.92 Å². The van der Waals surface area contributed by atoms with Gasteiger partial charge < -0.3 is 19.3 Å². The van der Waals surface area contributed by atoms with Gasteiger partial charge in [-0.15, -0.1) is 0 Å². The van der Waals surface area contributed by atoms with E-state index >= 15 is 0 Å². The van der Waals surface area contributed by atoms with Gasteiger partial charge in [0.2, 0.25) is 0 Å². The minimum Gasteiger partial charge on any atom is -0.447 e. The number of aliphatic hydroxyl groups is 1. The van der Waals surface area contributed by atoms with Crippen LogP contribution in [0.3, 0.4) is 0 Å². The molecule has 0 aromatic rings. The first-order valence-electron chi connectivity index (χ1n) is 5.70. The SMILES string of the molecule is CCOC#CC1(O)CCCCC1OCOC. The molecule has 0 spiro atoms. The third-order valence-electron chi connectivity index (χ3n) is 2.68. The first-order valence-corrected chi connectivity index (χ1v) is 5.70. The molecular weight excluding hydrogens is 208 g/mol. The van der Waals surface area contributed by atoms with Crippen LogP contribution < -0.4 is 0 Å². The molecule has 2 unspecified atom stereocenters. The summed E-state index contributed by atoms with van der Waals surface area (Å²) in [5.41, 5.74) is -1.09. The molecule has 0 heterocycles. The normalized spacial score (nSPS) is 29.3. The fourth-order valence-electron chi connectivity index (χ4n) is 1.83. The van der Waals surface area contributed by atoms with Gasteiger partial charge in [0.05, 0.1) is 6.61 Å². The zero-order valence-corrected chi connectivity index (χ0v) is 9.99. The lowest BCUT2D eigenvalue weighted by molar-refractivity contribution is -0.148. The highest BCUT2D eigenvalue weighted by Gasteiger charge is 2.38. The molecule has 2 atom stereocenters. The van der Waals surface area contributed by atoms with E-state index in [-0.39, 0.29) is 12.9 Å². The Labute approximate surface area is 96.9 Å². The average Bonchev–Trinajstić information content (AvgIpc) is 2.28. The summed E-state index contributed by atoms with van der Waals surface area (Å²) >= 11 is 0.